The van der Waals surface area contributed by atoms with E-state index in [2.05, 4.69) is 10.2 Å². The van der Waals surface area contributed by atoms with Crippen molar-refractivity contribution in [2.45, 2.75) is 38.1 Å². The van der Waals surface area contributed by atoms with Gasteiger partial charge in [0.15, 0.2) is 0 Å². The van der Waals surface area contributed by atoms with Crippen molar-refractivity contribution in [3.05, 3.63) is 65.7 Å². The van der Waals surface area contributed by atoms with Crippen LogP contribution in [0.25, 0.3) is 0 Å². The summed E-state index contributed by atoms with van der Waals surface area (Å²) in [6, 6.07) is 16.8. The van der Waals surface area contributed by atoms with Gasteiger partial charge in [0, 0.05) is 45.7 Å². The number of nitrogens with one attached hydrogen (secondary N) is 1. The molecule has 192 valence electrons. The number of hydrogen-bond acceptors (Lipinski definition) is 6. The predicted octanol–water partition coefficient (Wildman–Crippen LogP) is 1.97. The van der Waals surface area contributed by atoms with Crippen molar-refractivity contribution >= 4 is 17.9 Å². The molecule has 10 heteroatoms. The number of hydrazine groups is 1. The molecule has 36 heavy (non-hydrogen) atoms. The second-order valence-corrected chi connectivity index (χ2v) is 9.21. The molecule has 3 amide bonds. The van der Waals surface area contributed by atoms with Crippen molar-refractivity contribution in [1.29, 1.82) is 0 Å². The molecule has 0 aromatic heterocycles. The second kappa shape index (κ2) is 11.4. The number of aliphatic carboxylic acids is 1. The first-order valence-electron chi connectivity index (χ1n) is 12.1. The van der Waals surface area contributed by atoms with E-state index in [4.69, 9.17) is 4.74 Å². The second-order valence-electron chi connectivity index (χ2n) is 9.21. The summed E-state index contributed by atoms with van der Waals surface area (Å²) in [6.45, 7) is 2.00. The molecule has 0 unspecified atom stereocenters. The van der Waals surface area contributed by atoms with Gasteiger partial charge < -0.3 is 20.1 Å². The average Bonchev–Trinajstić information content (AvgIpc) is 2.87. The Kier molecular flexibility index (Phi) is 8.07. The molecule has 2 aromatic carbocycles. The largest absolute Gasteiger partial charge is 0.497 e. The highest BCUT2D eigenvalue weighted by molar-refractivity contribution is 5.83. The first-order chi connectivity index (χ1) is 17.4. The van der Waals surface area contributed by atoms with Crippen LogP contribution in [0.3, 0.4) is 0 Å². The summed E-state index contributed by atoms with van der Waals surface area (Å²) < 4.78 is 5.25. The molecular weight excluding hydrogens is 462 g/mol. The maximum Gasteiger partial charge on any atom is 0.334 e. The Morgan fingerprint density at radius 3 is 2.44 bits per heavy atom. The third kappa shape index (κ3) is 5.95. The summed E-state index contributed by atoms with van der Waals surface area (Å²) in [5, 5.41) is 15.5. The minimum atomic E-state index is -0.905. The molecule has 0 saturated carbocycles. The maximum atomic E-state index is 13.4. The molecule has 0 bridgehead atoms. The number of carboxylic acids is 1. The van der Waals surface area contributed by atoms with Gasteiger partial charge in [0.25, 0.3) is 0 Å². The Balaban J connectivity index is 1.55. The highest BCUT2D eigenvalue weighted by Crippen LogP contribution is 2.28. The van der Waals surface area contributed by atoms with Gasteiger partial charge >= 0.3 is 12.0 Å². The van der Waals surface area contributed by atoms with Gasteiger partial charge in [-0.15, -0.1) is 0 Å². The molecule has 4 rings (SSSR count). The lowest BCUT2D eigenvalue weighted by Crippen LogP contribution is -2.74. The molecule has 2 saturated heterocycles. The fourth-order valence-corrected chi connectivity index (χ4v) is 4.95. The predicted molar refractivity (Wildman–Crippen MR) is 133 cm³/mol. The Morgan fingerprint density at radius 2 is 1.78 bits per heavy atom. The molecule has 2 aliphatic rings. The molecule has 2 aliphatic heterocycles. The first-order valence-corrected chi connectivity index (χ1v) is 12.1. The number of benzene rings is 2. The van der Waals surface area contributed by atoms with Gasteiger partial charge in [-0.05, 0) is 29.7 Å². The molecule has 0 radical (unpaired) electrons. The normalized spacial score (nSPS) is 20.7. The van der Waals surface area contributed by atoms with Crippen LogP contribution in [0.1, 0.15) is 24.0 Å². The SMILES string of the molecule is COc1ccc(CN2C[C@H](CCC(=O)O)N3C(=O)CN(C)N(C(=O)NCc4ccccc4)[C@H]3C2)cc1. The first kappa shape index (κ1) is 25.5. The van der Waals surface area contributed by atoms with Crippen LogP contribution in [-0.4, -0.2) is 88.8 Å². The summed E-state index contributed by atoms with van der Waals surface area (Å²) in [4.78, 5) is 41.7. The zero-order valence-corrected chi connectivity index (χ0v) is 20.7. The molecular formula is C26H33N5O5. The van der Waals surface area contributed by atoms with E-state index in [9.17, 15) is 19.5 Å². The Hall–Kier alpha value is -3.63. The van der Waals surface area contributed by atoms with Crippen molar-refractivity contribution in [2.75, 3.05) is 33.8 Å². The van der Waals surface area contributed by atoms with E-state index in [0.29, 0.717) is 32.6 Å². The number of carbonyl (C=O) groups excluding carboxylic acids is 2. The fraction of sp³-hybridized carbons (Fsp3) is 0.423. The number of urea groups is 1. The lowest BCUT2D eigenvalue weighted by Gasteiger charge is -2.55. The third-order valence-corrected chi connectivity index (χ3v) is 6.66. The molecule has 0 aliphatic carbocycles. The van der Waals surface area contributed by atoms with Crippen molar-refractivity contribution < 1.29 is 24.2 Å². The van der Waals surface area contributed by atoms with E-state index in [1.54, 1.807) is 29.1 Å². The lowest BCUT2D eigenvalue weighted by atomic mass is 10.0. The Morgan fingerprint density at radius 1 is 1.06 bits per heavy atom. The summed E-state index contributed by atoms with van der Waals surface area (Å²) in [5.74, 6) is -0.240. The molecule has 2 N–H and O–H groups in total. The van der Waals surface area contributed by atoms with Gasteiger partial charge in [-0.3, -0.25) is 14.5 Å². The molecule has 2 fully saturated rings. The number of nitrogens with zero attached hydrogens (tertiary/aromatic N) is 4. The van der Waals surface area contributed by atoms with Gasteiger partial charge in [0.2, 0.25) is 5.91 Å². The smallest absolute Gasteiger partial charge is 0.334 e. The number of piperazine rings is 1. The number of hydrogen-bond donors (Lipinski definition) is 2. The average molecular weight is 496 g/mol. The minimum absolute atomic E-state index is 0.0480. The Labute approximate surface area is 211 Å². The monoisotopic (exact) mass is 495 g/mol. The van der Waals surface area contributed by atoms with Crippen LogP contribution in [0, 0.1) is 0 Å². The topological polar surface area (TPSA) is 106 Å². The summed E-state index contributed by atoms with van der Waals surface area (Å²) in [5.41, 5.74) is 2.04. The number of rotatable bonds is 8. The minimum Gasteiger partial charge on any atom is -0.497 e. The fourth-order valence-electron chi connectivity index (χ4n) is 4.95. The number of carboxylic acid groups (broad SMARTS) is 1. The van der Waals surface area contributed by atoms with Crippen molar-refractivity contribution in [3.63, 3.8) is 0 Å². The number of likely N-dealkylation sites (N-methyl/N-ethyl adjacent to an activating group) is 1. The zero-order valence-electron chi connectivity index (χ0n) is 20.7. The van der Waals surface area contributed by atoms with Gasteiger partial charge in [-0.1, -0.05) is 42.5 Å². The zero-order chi connectivity index (χ0) is 25.7. The van der Waals surface area contributed by atoms with Crippen LogP contribution in [0.4, 0.5) is 4.79 Å². The Bertz CT molecular complexity index is 1060. The van der Waals surface area contributed by atoms with Crippen molar-refractivity contribution in [3.8, 4) is 5.75 Å². The number of carbonyl (C=O) groups is 3. The number of amides is 3. The molecule has 10 nitrogen and oxygen atoms in total. The van der Waals surface area contributed by atoms with Crippen LogP contribution in [0.2, 0.25) is 0 Å². The van der Waals surface area contributed by atoms with Crippen LogP contribution >= 0.6 is 0 Å². The van der Waals surface area contributed by atoms with Crippen LogP contribution in [0.15, 0.2) is 54.6 Å². The van der Waals surface area contributed by atoms with Gasteiger partial charge in [0.1, 0.15) is 11.9 Å². The van der Waals surface area contributed by atoms with E-state index >= 15 is 0 Å². The third-order valence-electron chi connectivity index (χ3n) is 6.66. The summed E-state index contributed by atoms with van der Waals surface area (Å²) >= 11 is 0. The summed E-state index contributed by atoms with van der Waals surface area (Å²) in [7, 11) is 3.35. The van der Waals surface area contributed by atoms with E-state index in [0.717, 1.165) is 16.9 Å². The van der Waals surface area contributed by atoms with Gasteiger partial charge in [-0.25, -0.2) is 14.8 Å². The van der Waals surface area contributed by atoms with Crippen LogP contribution in [-0.2, 0) is 22.7 Å². The number of fused-ring (bicyclic) bond motifs is 1. The van der Waals surface area contributed by atoms with Crippen LogP contribution < -0.4 is 10.1 Å². The van der Waals surface area contributed by atoms with E-state index in [1.807, 2.05) is 54.6 Å². The van der Waals surface area contributed by atoms with Crippen molar-refractivity contribution in [1.82, 2.24) is 25.1 Å². The van der Waals surface area contributed by atoms with E-state index in [-0.39, 0.29) is 30.9 Å². The standard InChI is InChI=1S/C26H33N5O5/c1-28-18-24(32)30-21(10-13-25(33)34)16-29(15-20-8-11-22(36-2)12-9-20)17-23(30)31(28)26(35)27-14-19-6-4-3-5-7-19/h3-9,11-12,21,23H,10,13-18H2,1-2H3,(H,27,35)(H,33,34)/t21-,23-/m0/s1. The van der Waals surface area contributed by atoms with Gasteiger partial charge in [-0.2, -0.15) is 0 Å². The van der Waals surface area contributed by atoms with Crippen molar-refractivity contribution in [2.24, 2.45) is 0 Å². The number of methoxy groups -OCH3 is 1. The van der Waals surface area contributed by atoms with E-state index in [1.165, 1.54) is 0 Å². The molecule has 0 spiro atoms. The number of ether oxygens (including phenoxy) is 1. The van der Waals surface area contributed by atoms with Crippen LogP contribution in [0.5, 0.6) is 5.75 Å². The molecule has 2 aromatic rings. The highest BCUT2D eigenvalue weighted by Gasteiger charge is 2.47. The highest BCUT2D eigenvalue weighted by atomic mass is 16.5. The molecule has 2 atom stereocenters. The van der Waals surface area contributed by atoms with E-state index < -0.39 is 12.1 Å². The summed E-state index contributed by atoms with van der Waals surface area (Å²) in [6.07, 6.45) is -0.272. The quantitative estimate of drug-likeness (QED) is 0.577. The van der Waals surface area contributed by atoms with Gasteiger partial charge in [0.05, 0.1) is 13.7 Å². The maximum absolute atomic E-state index is 13.4. The molecule has 2 heterocycles. The lowest BCUT2D eigenvalue weighted by molar-refractivity contribution is -0.181.